The van der Waals surface area contributed by atoms with E-state index in [-0.39, 0.29) is 6.23 Å². The molecule has 64 valence electrons. The molecule has 1 fully saturated rings. The standard InChI is InChI=1S/C7H13NO3/c1-5-2-3-8-6(4-5)11-7(9)10/h5-6,8H,2-4H2,1H3,(H,9,10)/t5-,6+/m0/s1. The van der Waals surface area contributed by atoms with E-state index < -0.39 is 6.16 Å². The highest BCUT2D eigenvalue weighted by Gasteiger charge is 2.20. The quantitative estimate of drug-likeness (QED) is 0.561. The van der Waals surface area contributed by atoms with E-state index in [1.807, 2.05) is 0 Å². The highest BCUT2D eigenvalue weighted by Crippen LogP contribution is 2.15. The highest BCUT2D eigenvalue weighted by atomic mass is 16.7. The number of carbonyl (C=O) groups is 1. The normalized spacial score (nSPS) is 31.4. The van der Waals surface area contributed by atoms with Gasteiger partial charge in [0.15, 0.2) is 6.23 Å². The first-order valence-electron chi connectivity index (χ1n) is 3.81. The van der Waals surface area contributed by atoms with Crippen LogP contribution in [0.1, 0.15) is 19.8 Å². The van der Waals surface area contributed by atoms with Crippen molar-refractivity contribution in [3.63, 3.8) is 0 Å². The molecule has 0 aromatic heterocycles. The summed E-state index contributed by atoms with van der Waals surface area (Å²) in [4.78, 5) is 10.1. The van der Waals surface area contributed by atoms with Crippen molar-refractivity contribution in [2.24, 2.45) is 5.92 Å². The third-order valence-corrected chi connectivity index (χ3v) is 1.87. The van der Waals surface area contributed by atoms with Gasteiger partial charge in [0.25, 0.3) is 0 Å². The van der Waals surface area contributed by atoms with Gasteiger partial charge in [0.2, 0.25) is 0 Å². The molecule has 0 aromatic rings. The summed E-state index contributed by atoms with van der Waals surface area (Å²) in [6.45, 7) is 2.94. The third-order valence-electron chi connectivity index (χ3n) is 1.87. The number of ether oxygens (including phenoxy) is 1. The van der Waals surface area contributed by atoms with Crippen molar-refractivity contribution in [3.05, 3.63) is 0 Å². The molecule has 2 N–H and O–H groups in total. The number of hydrogen-bond donors (Lipinski definition) is 2. The Morgan fingerprint density at radius 3 is 3.00 bits per heavy atom. The molecule has 0 amide bonds. The largest absolute Gasteiger partial charge is 0.507 e. The summed E-state index contributed by atoms with van der Waals surface area (Å²) in [5.74, 6) is 0.556. The van der Waals surface area contributed by atoms with Crippen molar-refractivity contribution < 1.29 is 14.6 Å². The molecule has 0 unspecified atom stereocenters. The third kappa shape index (κ3) is 2.76. The summed E-state index contributed by atoms with van der Waals surface area (Å²) >= 11 is 0. The highest BCUT2D eigenvalue weighted by molar-refractivity contribution is 5.57. The lowest BCUT2D eigenvalue weighted by Crippen LogP contribution is -2.40. The van der Waals surface area contributed by atoms with Gasteiger partial charge in [-0.05, 0) is 18.9 Å². The van der Waals surface area contributed by atoms with Crippen LogP contribution < -0.4 is 5.32 Å². The second kappa shape index (κ2) is 3.57. The molecule has 1 saturated heterocycles. The van der Waals surface area contributed by atoms with Crippen molar-refractivity contribution in [1.29, 1.82) is 0 Å². The molecule has 2 atom stereocenters. The van der Waals surface area contributed by atoms with Gasteiger partial charge in [-0.15, -0.1) is 0 Å². The molecular weight excluding hydrogens is 146 g/mol. The minimum Gasteiger partial charge on any atom is -0.450 e. The van der Waals surface area contributed by atoms with Crippen LogP contribution in [0.4, 0.5) is 4.79 Å². The van der Waals surface area contributed by atoms with Gasteiger partial charge in [0, 0.05) is 6.42 Å². The fraction of sp³-hybridized carbons (Fsp3) is 0.857. The molecule has 1 aliphatic rings. The summed E-state index contributed by atoms with van der Waals surface area (Å²) in [7, 11) is 0. The summed E-state index contributed by atoms with van der Waals surface area (Å²) < 4.78 is 4.57. The van der Waals surface area contributed by atoms with Crippen LogP contribution in [0.2, 0.25) is 0 Å². The van der Waals surface area contributed by atoms with E-state index in [2.05, 4.69) is 17.0 Å². The summed E-state index contributed by atoms with van der Waals surface area (Å²) in [6.07, 6.45) is 0.388. The van der Waals surface area contributed by atoms with E-state index >= 15 is 0 Å². The Morgan fingerprint density at radius 2 is 2.45 bits per heavy atom. The van der Waals surface area contributed by atoms with Gasteiger partial charge < -0.3 is 9.84 Å². The molecule has 0 aliphatic carbocycles. The summed E-state index contributed by atoms with van der Waals surface area (Å²) in [5, 5.41) is 11.3. The van der Waals surface area contributed by atoms with Gasteiger partial charge in [-0.2, -0.15) is 0 Å². The van der Waals surface area contributed by atoms with Crippen LogP contribution in [-0.2, 0) is 4.74 Å². The number of rotatable bonds is 1. The molecule has 1 heterocycles. The Labute approximate surface area is 65.5 Å². The maximum Gasteiger partial charge on any atom is 0.507 e. The monoisotopic (exact) mass is 159 g/mol. The van der Waals surface area contributed by atoms with Crippen molar-refractivity contribution >= 4 is 6.16 Å². The second-order valence-electron chi connectivity index (χ2n) is 2.96. The lowest BCUT2D eigenvalue weighted by atomic mass is 9.99. The lowest BCUT2D eigenvalue weighted by Gasteiger charge is -2.26. The average molecular weight is 159 g/mol. The topological polar surface area (TPSA) is 58.6 Å². The minimum absolute atomic E-state index is 0.295. The number of carboxylic acid groups (broad SMARTS) is 1. The van der Waals surface area contributed by atoms with E-state index in [9.17, 15) is 4.79 Å². The van der Waals surface area contributed by atoms with Crippen molar-refractivity contribution in [2.45, 2.75) is 26.0 Å². The van der Waals surface area contributed by atoms with Gasteiger partial charge in [0.05, 0.1) is 0 Å². The van der Waals surface area contributed by atoms with Crippen LogP contribution >= 0.6 is 0 Å². The molecule has 0 bridgehead atoms. The Bertz CT molecular complexity index is 149. The Balaban J connectivity index is 2.28. The molecule has 4 nitrogen and oxygen atoms in total. The predicted octanol–water partition coefficient (Wildman–Crippen LogP) is 1.03. The van der Waals surface area contributed by atoms with E-state index in [0.717, 1.165) is 19.4 Å². The Kier molecular flexibility index (Phi) is 2.70. The summed E-state index contributed by atoms with van der Waals surface area (Å²) in [6, 6.07) is 0. The molecule has 0 spiro atoms. The molecule has 0 radical (unpaired) electrons. The SMILES string of the molecule is C[C@H]1CCN[C@H](OC(=O)O)C1. The first-order chi connectivity index (χ1) is 5.18. The first-order valence-corrected chi connectivity index (χ1v) is 3.81. The van der Waals surface area contributed by atoms with Crippen LogP contribution in [0.15, 0.2) is 0 Å². The van der Waals surface area contributed by atoms with E-state index in [4.69, 9.17) is 5.11 Å². The lowest BCUT2D eigenvalue weighted by molar-refractivity contribution is 0.0153. The van der Waals surface area contributed by atoms with Crippen LogP contribution in [0.25, 0.3) is 0 Å². The molecule has 1 rings (SSSR count). The molecule has 11 heavy (non-hydrogen) atoms. The van der Waals surface area contributed by atoms with Crippen LogP contribution in [0, 0.1) is 5.92 Å². The van der Waals surface area contributed by atoms with Gasteiger partial charge in [-0.3, -0.25) is 5.32 Å². The molecular formula is C7H13NO3. The maximum absolute atomic E-state index is 10.1. The zero-order valence-electron chi connectivity index (χ0n) is 6.54. The molecule has 0 saturated carbocycles. The maximum atomic E-state index is 10.1. The molecule has 0 aromatic carbocycles. The molecule has 1 aliphatic heterocycles. The van der Waals surface area contributed by atoms with Gasteiger partial charge in [-0.1, -0.05) is 6.92 Å². The average Bonchev–Trinajstić information content (AvgIpc) is 1.85. The minimum atomic E-state index is -1.20. The number of nitrogens with one attached hydrogen (secondary N) is 1. The second-order valence-corrected chi connectivity index (χ2v) is 2.96. The Hall–Kier alpha value is -0.770. The van der Waals surface area contributed by atoms with Crippen molar-refractivity contribution in [3.8, 4) is 0 Å². The van der Waals surface area contributed by atoms with E-state index in [1.165, 1.54) is 0 Å². The Morgan fingerprint density at radius 1 is 1.73 bits per heavy atom. The van der Waals surface area contributed by atoms with E-state index in [0.29, 0.717) is 5.92 Å². The van der Waals surface area contributed by atoms with Crippen LogP contribution in [0.3, 0.4) is 0 Å². The van der Waals surface area contributed by atoms with Crippen molar-refractivity contribution in [1.82, 2.24) is 5.32 Å². The van der Waals surface area contributed by atoms with Crippen molar-refractivity contribution in [2.75, 3.05) is 6.54 Å². The predicted molar refractivity (Wildman–Crippen MR) is 39.3 cm³/mol. The van der Waals surface area contributed by atoms with E-state index in [1.54, 1.807) is 0 Å². The number of hydrogen-bond acceptors (Lipinski definition) is 3. The number of piperidine rings is 1. The smallest absolute Gasteiger partial charge is 0.450 e. The first kappa shape index (κ1) is 8.33. The van der Waals surface area contributed by atoms with Gasteiger partial charge >= 0.3 is 6.16 Å². The zero-order chi connectivity index (χ0) is 8.27. The molecule has 4 heteroatoms. The zero-order valence-corrected chi connectivity index (χ0v) is 6.54. The van der Waals surface area contributed by atoms with Gasteiger partial charge in [0.1, 0.15) is 0 Å². The fourth-order valence-electron chi connectivity index (χ4n) is 1.27. The summed E-state index contributed by atoms with van der Waals surface area (Å²) in [5.41, 5.74) is 0. The van der Waals surface area contributed by atoms with Gasteiger partial charge in [-0.25, -0.2) is 4.79 Å². The van der Waals surface area contributed by atoms with Crippen LogP contribution in [0.5, 0.6) is 0 Å². The fourth-order valence-corrected chi connectivity index (χ4v) is 1.27. The van der Waals surface area contributed by atoms with Crippen LogP contribution in [-0.4, -0.2) is 24.0 Å².